The van der Waals surface area contributed by atoms with E-state index in [4.69, 9.17) is 23.8 Å². The Balaban J connectivity index is 1.42. The quantitative estimate of drug-likeness (QED) is 0.0360. The zero-order valence-electron chi connectivity index (χ0n) is 30.4. The van der Waals surface area contributed by atoms with E-state index in [1.54, 1.807) is 0 Å². The van der Waals surface area contributed by atoms with Crippen LogP contribution in [0.25, 0.3) is 0 Å². The number of carbonyl (C=O) groups is 6. The highest BCUT2D eigenvalue weighted by Crippen LogP contribution is 2.23. The van der Waals surface area contributed by atoms with E-state index in [1.165, 1.54) is 11.8 Å². The first-order valence-corrected chi connectivity index (χ1v) is 17.9. The molecule has 0 aromatic heterocycles. The lowest BCUT2D eigenvalue weighted by molar-refractivity contribution is -0.300. The highest BCUT2D eigenvalue weighted by Gasteiger charge is 2.44. The van der Waals surface area contributed by atoms with Crippen LogP contribution in [-0.4, -0.2) is 202 Å². The van der Waals surface area contributed by atoms with Gasteiger partial charge >= 0.3 is 5.97 Å². The fraction of sp³-hybridized carbons (Fsp3) is 0.812. The highest BCUT2D eigenvalue weighted by atomic mass is 16.7. The van der Waals surface area contributed by atoms with Crippen molar-refractivity contribution in [3.63, 3.8) is 0 Å². The number of nitrogens with zero attached hydrogens (tertiary/aromatic N) is 2. The number of hydrogen-bond donors (Lipinski definition) is 10. The van der Waals surface area contributed by atoms with Crippen molar-refractivity contribution in [2.45, 2.75) is 107 Å². The van der Waals surface area contributed by atoms with Gasteiger partial charge in [0, 0.05) is 38.9 Å². The molecule has 0 saturated carbocycles. The molecular formula is C32H53N5O18. The second-order valence-corrected chi connectivity index (χ2v) is 13.2. The summed E-state index contributed by atoms with van der Waals surface area (Å²) in [7, 11) is 0. The molecule has 3 saturated heterocycles. The number of nitrogens with one attached hydrogen (secondary N) is 3. The largest absolute Gasteiger partial charge is 0.394 e. The average molecular weight is 796 g/mol. The molecule has 0 radical (unpaired) electrons. The Labute approximate surface area is 315 Å². The number of hydrogen-bond acceptors (Lipinski definition) is 19. The lowest BCUT2D eigenvalue weighted by atomic mass is 9.99. The maximum absolute atomic E-state index is 12.8. The van der Waals surface area contributed by atoms with E-state index in [0.29, 0.717) is 24.3 Å². The van der Waals surface area contributed by atoms with Crippen LogP contribution >= 0.6 is 0 Å². The topological polar surface area (TPSA) is 333 Å². The Morgan fingerprint density at radius 3 is 1.71 bits per heavy atom. The summed E-state index contributed by atoms with van der Waals surface area (Å²) < 4.78 is 21.3. The fourth-order valence-electron chi connectivity index (χ4n) is 5.64. The molecule has 3 rings (SSSR count). The SMILES string of the molecule is C[C@@H]1O[C@@H](OCCNC(=O)CN(CC(=O)NCCCCCC(=O)ON2C(=O)CCC2=O)CC(=O)NCCO[C@H]2O[C@H](CO)[C@@H](O)[C@H](O)[C@@H]2O)[C@@H](O)[C@H](O)[C@@H]1O. The van der Waals surface area contributed by atoms with Gasteiger partial charge in [-0.1, -0.05) is 6.42 Å². The van der Waals surface area contributed by atoms with E-state index in [-0.39, 0.29) is 58.7 Å². The molecule has 10 N–H and O–H groups in total. The van der Waals surface area contributed by atoms with Gasteiger partial charge in [0.25, 0.3) is 11.8 Å². The normalized spacial score (nSPS) is 29.7. The molecule has 0 aromatic rings. The molecule has 55 heavy (non-hydrogen) atoms. The molecule has 3 aliphatic heterocycles. The van der Waals surface area contributed by atoms with Crippen LogP contribution in [-0.2, 0) is 52.6 Å². The number of imide groups is 1. The zero-order valence-corrected chi connectivity index (χ0v) is 30.4. The van der Waals surface area contributed by atoms with Crippen molar-refractivity contribution in [3.05, 3.63) is 0 Å². The first kappa shape index (κ1) is 45.9. The predicted octanol–water partition coefficient (Wildman–Crippen LogP) is -6.53. The lowest BCUT2D eigenvalue weighted by Crippen LogP contribution is -2.59. The Hall–Kier alpha value is -3.46. The molecule has 3 heterocycles. The number of carbonyl (C=O) groups excluding carboxylic acids is 6. The van der Waals surface area contributed by atoms with E-state index >= 15 is 0 Å². The molecule has 3 aliphatic rings. The van der Waals surface area contributed by atoms with Gasteiger partial charge in [-0.05, 0) is 19.8 Å². The molecule has 23 heteroatoms. The van der Waals surface area contributed by atoms with Crippen molar-refractivity contribution < 1.29 is 88.3 Å². The number of aliphatic hydroxyl groups excluding tert-OH is 7. The molecular weight excluding hydrogens is 742 g/mol. The molecule has 23 nitrogen and oxygen atoms in total. The summed E-state index contributed by atoms with van der Waals surface area (Å²) in [6.07, 6.45) is -12.7. The third-order valence-corrected chi connectivity index (χ3v) is 8.75. The summed E-state index contributed by atoms with van der Waals surface area (Å²) in [4.78, 5) is 79.4. The Kier molecular flexibility index (Phi) is 19.2. The third kappa shape index (κ3) is 14.5. The first-order valence-electron chi connectivity index (χ1n) is 17.9. The van der Waals surface area contributed by atoms with Crippen molar-refractivity contribution in [2.24, 2.45) is 0 Å². The molecule has 10 atom stereocenters. The Bertz CT molecular complexity index is 1280. The van der Waals surface area contributed by atoms with Crippen molar-refractivity contribution >= 4 is 35.5 Å². The van der Waals surface area contributed by atoms with Gasteiger partial charge in [-0.3, -0.25) is 28.9 Å². The van der Waals surface area contributed by atoms with Crippen LogP contribution < -0.4 is 16.0 Å². The molecule has 0 bridgehead atoms. The number of amides is 5. The molecule has 0 spiro atoms. The highest BCUT2D eigenvalue weighted by molar-refractivity contribution is 6.01. The molecule has 314 valence electrons. The maximum atomic E-state index is 12.8. The second-order valence-electron chi connectivity index (χ2n) is 13.2. The summed E-state index contributed by atoms with van der Waals surface area (Å²) in [6.45, 7) is -0.817. The Morgan fingerprint density at radius 2 is 1.18 bits per heavy atom. The van der Waals surface area contributed by atoms with Crippen molar-refractivity contribution in [3.8, 4) is 0 Å². The van der Waals surface area contributed by atoms with Gasteiger partial charge < -0.3 is 75.5 Å². The van der Waals surface area contributed by atoms with E-state index in [1.807, 2.05) is 0 Å². The smallest absolute Gasteiger partial charge is 0.333 e. The third-order valence-electron chi connectivity index (χ3n) is 8.75. The minimum absolute atomic E-state index is 0.0159. The number of unbranched alkanes of at least 4 members (excludes halogenated alkanes) is 2. The standard InChI is InChI=1S/C32H53N5O18/c1-17-25(45)27(47)29(49)31(53-17)51-11-9-34-20(40)14-36(15-21(41)35-10-12-52-32-30(50)28(48)26(46)18(16-38)54-32)13-19(39)33-8-4-2-3-5-24(44)55-37-22(42)6-7-23(37)43/h17-18,25-32,38,45-50H,2-16H2,1H3,(H,33,39)(H,34,40)(H,35,41)/t17-,18+,25+,26+,27+,28-,29-,30-,31+,32-/m0/s1. The monoisotopic (exact) mass is 795 g/mol. The Morgan fingerprint density at radius 1 is 0.691 bits per heavy atom. The molecule has 5 amide bonds. The van der Waals surface area contributed by atoms with Gasteiger partial charge in [0.1, 0.15) is 42.7 Å². The minimum Gasteiger partial charge on any atom is -0.394 e. The number of ether oxygens (including phenoxy) is 4. The number of aliphatic hydroxyl groups is 7. The van der Waals surface area contributed by atoms with E-state index < -0.39 is 117 Å². The van der Waals surface area contributed by atoms with E-state index in [9.17, 15) is 64.5 Å². The maximum Gasteiger partial charge on any atom is 0.333 e. The van der Waals surface area contributed by atoms with Crippen LogP contribution in [0, 0.1) is 0 Å². The van der Waals surface area contributed by atoms with Crippen molar-refractivity contribution in [2.75, 3.05) is 59.1 Å². The zero-order chi connectivity index (χ0) is 40.7. The van der Waals surface area contributed by atoms with Gasteiger partial charge in [-0.15, -0.1) is 5.06 Å². The second kappa shape index (κ2) is 22.9. The summed E-state index contributed by atoms with van der Waals surface area (Å²) >= 11 is 0. The van der Waals surface area contributed by atoms with Crippen LogP contribution in [0.5, 0.6) is 0 Å². The van der Waals surface area contributed by atoms with E-state index in [0.717, 1.165) is 0 Å². The molecule has 0 aliphatic carbocycles. The number of hydroxylamine groups is 2. The van der Waals surface area contributed by atoms with Crippen LogP contribution in [0.3, 0.4) is 0 Å². The van der Waals surface area contributed by atoms with E-state index in [2.05, 4.69) is 16.0 Å². The molecule has 0 unspecified atom stereocenters. The summed E-state index contributed by atoms with van der Waals surface area (Å²) in [5.74, 6) is -3.65. The van der Waals surface area contributed by atoms with Gasteiger partial charge in [-0.25, -0.2) is 4.79 Å². The van der Waals surface area contributed by atoms with Crippen LogP contribution in [0.2, 0.25) is 0 Å². The van der Waals surface area contributed by atoms with Crippen molar-refractivity contribution in [1.29, 1.82) is 0 Å². The van der Waals surface area contributed by atoms with Crippen LogP contribution in [0.1, 0.15) is 45.4 Å². The van der Waals surface area contributed by atoms with Crippen LogP contribution in [0.4, 0.5) is 0 Å². The predicted molar refractivity (Wildman–Crippen MR) is 179 cm³/mol. The summed E-state index contributed by atoms with van der Waals surface area (Å²) in [6, 6.07) is 0. The summed E-state index contributed by atoms with van der Waals surface area (Å²) in [5.41, 5.74) is 0. The van der Waals surface area contributed by atoms with Crippen molar-refractivity contribution in [1.82, 2.24) is 25.9 Å². The average Bonchev–Trinajstić information content (AvgIpc) is 3.46. The molecule has 0 aromatic carbocycles. The van der Waals surface area contributed by atoms with Gasteiger partial charge in [0.05, 0.1) is 45.6 Å². The molecule has 3 fully saturated rings. The van der Waals surface area contributed by atoms with Gasteiger partial charge in [0.2, 0.25) is 17.7 Å². The minimum atomic E-state index is -1.65. The van der Waals surface area contributed by atoms with Gasteiger partial charge in [-0.2, -0.15) is 0 Å². The fourth-order valence-corrected chi connectivity index (χ4v) is 5.64. The van der Waals surface area contributed by atoms with Gasteiger partial charge in [0.15, 0.2) is 12.6 Å². The van der Waals surface area contributed by atoms with Crippen LogP contribution in [0.15, 0.2) is 0 Å². The first-order chi connectivity index (χ1) is 26.1. The lowest BCUT2D eigenvalue weighted by Gasteiger charge is -2.39. The summed E-state index contributed by atoms with van der Waals surface area (Å²) in [5, 5.41) is 77.2. The number of rotatable bonds is 22.